The Hall–Kier alpha value is -1.44. The van der Waals surface area contributed by atoms with Crippen molar-refractivity contribution in [1.29, 1.82) is 0 Å². The van der Waals surface area contributed by atoms with E-state index in [2.05, 4.69) is 31.2 Å². The fraction of sp³-hybridized carbons (Fsp3) is 0.556. The molecule has 0 atom stereocenters. The highest BCUT2D eigenvalue weighted by Crippen LogP contribution is 2.11. The van der Waals surface area contributed by atoms with Crippen LogP contribution in [0.25, 0.3) is 0 Å². The molecule has 0 saturated carbocycles. The summed E-state index contributed by atoms with van der Waals surface area (Å²) in [6.45, 7) is 5.47. The third-order valence-corrected chi connectivity index (χ3v) is 2.99. The van der Waals surface area contributed by atoms with Crippen LogP contribution in [0, 0.1) is 0 Å². The van der Waals surface area contributed by atoms with Crippen LogP contribution in [0.2, 0.25) is 0 Å². The van der Waals surface area contributed by atoms with Crippen molar-refractivity contribution in [3.63, 3.8) is 0 Å². The van der Waals surface area contributed by atoms with Gasteiger partial charge in [-0.25, -0.2) is 9.48 Å². The number of aromatic nitrogens is 6. The number of nitrogens with zero attached hydrogens (tertiary/aromatic N) is 6. The van der Waals surface area contributed by atoms with Crippen LogP contribution in [-0.2, 0) is 19.6 Å². The van der Waals surface area contributed by atoms with E-state index in [0.717, 1.165) is 5.69 Å². The largest absolute Gasteiger partial charge is 0.346 e. The molecule has 17 heavy (non-hydrogen) atoms. The molecular weight excluding hydrogens is 288 g/mol. The number of aryl methyl sites for hydroxylation is 2. The average molecular weight is 301 g/mol. The summed E-state index contributed by atoms with van der Waals surface area (Å²) in [6.07, 6.45) is 1.52. The molecule has 7 nitrogen and oxygen atoms in total. The summed E-state index contributed by atoms with van der Waals surface area (Å²) in [5.74, 6) is 0. The number of hydrogen-bond donors (Lipinski definition) is 0. The molecule has 0 N–H and O–H groups in total. The van der Waals surface area contributed by atoms with E-state index < -0.39 is 0 Å². The van der Waals surface area contributed by atoms with Crippen LogP contribution in [0.1, 0.15) is 19.5 Å². The molecule has 2 heterocycles. The van der Waals surface area contributed by atoms with E-state index in [1.807, 2.05) is 13.8 Å². The lowest BCUT2D eigenvalue weighted by atomic mass is 10.5. The summed E-state index contributed by atoms with van der Waals surface area (Å²) in [4.78, 5) is 13.4. The maximum Gasteiger partial charge on any atom is 0.346 e. The van der Waals surface area contributed by atoms with Gasteiger partial charge in [-0.05, 0) is 29.8 Å². The Labute approximate surface area is 106 Å². The van der Waals surface area contributed by atoms with E-state index in [-0.39, 0.29) is 5.69 Å². The quantitative estimate of drug-likeness (QED) is 0.824. The van der Waals surface area contributed by atoms with Crippen LogP contribution in [0.5, 0.6) is 0 Å². The Morgan fingerprint density at radius 2 is 2.06 bits per heavy atom. The minimum Gasteiger partial charge on any atom is -0.275 e. The lowest BCUT2D eigenvalue weighted by molar-refractivity contribution is 0.557. The number of halogens is 1. The van der Waals surface area contributed by atoms with Gasteiger partial charge in [0, 0.05) is 6.54 Å². The second kappa shape index (κ2) is 4.82. The second-order valence-electron chi connectivity index (χ2n) is 3.48. The van der Waals surface area contributed by atoms with Crippen molar-refractivity contribution in [3.05, 3.63) is 27.1 Å². The van der Waals surface area contributed by atoms with Gasteiger partial charge in [-0.2, -0.15) is 15.0 Å². The van der Waals surface area contributed by atoms with Crippen LogP contribution in [0.15, 0.2) is 15.7 Å². The number of hydrogen-bond acceptors (Lipinski definition) is 4. The molecule has 2 aromatic rings. The molecule has 0 aliphatic carbocycles. The van der Waals surface area contributed by atoms with E-state index in [4.69, 9.17) is 0 Å². The van der Waals surface area contributed by atoms with E-state index in [9.17, 15) is 4.79 Å². The van der Waals surface area contributed by atoms with Gasteiger partial charge in [-0.1, -0.05) is 0 Å². The van der Waals surface area contributed by atoms with Gasteiger partial charge in [0.1, 0.15) is 12.0 Å². The van der Waals surface area contributed by atoms with Crippen molar-refractivity contribution >= 4 is 15.9 Å². The molecule has 0 aliphatic rings. The predicted octanol–water partition coefficient (Wildman–Crippen LogP) is 0.487. The van der Waals surface area contributed by atoms with Crippen molar-refractivity contribution in [3.8, 4) is 0 Å². The first-order valence-electron chi connectivity index (χ1n) is 5.37. The van der Waals surface area contributed by atoms with Gasteiger partial charge in [-0.3, -0.25) is 4.57 Å². The third-order valence-electron chi connectivity index (χ3n) is 2.38. The maximum absolute atomic E-state index is 11.8. The molecule has 92 valence electrons. The molecule has 0 spiro atoms. The Balaban J connectivity index is 2.28. The van der Waals surface area contributed by atoms with Crippen LogP contribution in [0.3, 0.4) is 0 Å². The van der Waals surface area contributed by atoms with Crippen LogP contribution in [0.4, 0.5) is 0 Å². The lowest BCUT2D eigenvalue weighted by Gasteiger charge is -1.96. The summed E-state index contributed by atoms with van der Waals surface area (Å²) >= 11 is 3.33. The molecule has 0 unspecified atom stereocenters. The topological polar surface area (TPSA) is 70.5 Å². The fourth-order valence-corrected chi connectivity index (χ4v) is 1.85. The third kappa shape index (κ3) is 2.31. The fourth-order valence-electron chi connectivity index (χ4n) is 1.46. The molecule has 0 bridgehead atoms. The molecule has 2 rings (SSSR count). The van der Waals surface area contributed by atoms with Gasteiger partial charge in [0.05, 0.1) is 13.1 Å². The summed E-state index contributed by atoms with van der Waals surface area (Å²) in [5.41, 5.74) is 0.593. The Morgan fingerprint density at radius 3 is 2.59 bits per heavy atom. The van der Waals surface area contributed by atoms with Crippen molar-refractivity contribution in [2.24, 2.45) is 0 Å². The Kier molecular flexibility index (Phi) is 3.41. The van der Waals surface area contributed by atoms with E-state index in [1.54, 1.807) is 4.80 Å². The molecule has 2 aromatic heterocycles. The van der Waals surface area contributed by atoms with E-state index in [1.165, 1.54) is 15.6 Å². The zero-order chi connectivity index (χ0) is 12.4. The smallest absolute Gasteiger partial charge is 0.275 e. The highest BCUT2D eigenvalue weighted by Gasteiger charge is 2.11. The van der Waals surface area contributed by atoms with E-state index in [0.29, 0.717) is 24.2 Å². The first-order chi connectivity index (χ1) is 8.15. The molecular formula is C9H13BrN6O. The molecule has 0 fully saturated rings. The molecule has 0 radical (unpaired) electrons. The summed E-state index contributed by atoms with van der Waals surface area (Å²) in [5, 5.41) is 12.4. The first-order valence-corrected chi connectivity index (χ1v) is 6.16. The average Bonchev–Trinajstić information content (AvgIpc) is 2.85. The van der Waals surface area contributed by atoms with Crippen LogP contribution < -0.4 is 5.69 Å². The zero-order valence-corrected chi connectivity index (χ0v) is 11.3. The molecule has 0 saturated heterocycles. The van der Waals surface area contributed by atoms with Crippen LogP contribution >= 0.6 is 15.9 Å². The first kappa shape index (κ1) is 12.0. The lowest BCUT2D eigenvalue weighted by Crippen LogP contribution is -2.24. The number of rotatable bonds is 4. The van der Waals surface area contributed by atoms with Gasteiger partial charge in [-0.15, -0.1) is 5.10 Å². The summed E-state index contributed by atoms with van der Waals surface area (Å²) in [6, 6.07) is 0. The minimum atomic E-state index is -0.134. The van der Waals surface area contributed by atoms with Crippen molar-refractivity contribution in [2.45, 2.75) is 33.5 Å². The SMILES string of the molecule is CCn1nc(Br)c(Cn2cnn(CC)c2=O)n1. The van der Waals surface area contributed by atoms with Gasteiger partial charge >= 0.3 is 5.69 Å². The Bertz CT molecular complexity index is 568. The zero-order valence-electron chi connectivity index (χ0n) is 9.67. The minimum absolute atomic E-state index is 0.134. The second-order valence-corrected chi connectivity index (χ2v) is 4.23. The standard InChI is InChI=1S/C9H13BrN6O/c1-3-15-9(17)14(6-11-15)5-7-8(10)13-16(4-2)12-7/h6H,3-5H2,1-2H3. The van der Waals surface area contributed by atoms with Crippen molar-refractivity contribution in [2.75, 3.05) is 0 Å². The van der Waals surface area contributed by atoms with Crippen molar-refractivity contribution < 1.29 is 0 Å². The summed E-state index contributed by atoms with van der Waals surface area (Å²) < 4.78 is 3.58. The van der Waals surface area contributed by atoms with Gasteiger partial charge < -0.3 is 0 Å². The highest BCUT2D eigenvalue weighted by molar-refractivity contribution is 9.10. The van der Waals surface area contributed by atoms with Gasteiger partial charge in [0.15, 0.2) is 4.60 Å². The molecule has 8 heteroatoms. The summed E-state index contributed by atoms with van der Waals surface area (Å²) in [7, 11) is 0. The molecule has 0 amide bonds. The molecule has 0 aliphatic heterocycles. The normalized spacial score (nSPS) is 11.0. The van der Waals surface area contributed by atoms with Gasteiger partial charge in [0.2, 0.25) is 0 Å². The van der Waals surface area contributed by atoms with Gasteiger partial charge in [0.25, 0.3) is 0 Å². The van der Waals surface area contributed by atoms with E-state index >= 15 is 0 Å². The van der Waals surface area contributed by atoms with Crippen LogP contribution in [-0.4, -0.2) is 29.3 Å². The maximum atomic E-state index is 11.8. The van der Waals surface area contributed by atoms with Crippen molar-refractivity contribution in [1.82, 2.24) is 29.3 Å². The predicted molar refractivity (Wildman–Crippen MR) is 64.7 cm³/mol. The highest BCUT2D eigenvalue weighted by atomic mass is 79.9. The monoisotopic (exact) mass is 300 g/mol. The Morgan fingerprint density at radius 1 is 1.29 bits per heavy atom. The molecule has 0 aromatic carbocycles.